The Hall–Kier alpha value is -3.43. The number of benzene rings is 2. The molecular formula is C25H22N4O4S. The molecule has 0 spiro atoms. The second-order valence-electron chi connectivity index (χ2n) is 8.39. The average Bonchev–Trinajstić information content (AvgIpc) is 3.60. The largest absolute Gasteiger partial charge is 0.448 e. The molecule has 4 heterocycles. The number of para-hydroxylation sites is 1. The number of hydrogen-bond donors (Lipinski definition) is 0. The maximum atomic E-state index is 13.4. The van der Waals surface area contributed by atoms with E-state index in [4.69, 9.17) is 18.7 Å². The maximum Gasteiger partial charge on any atom is 0.297 e. The first kappa shape index (κ1) is 21.1. The molecule has 9 heteroatoms. The monoisotopic (exact) mass is 474 g/mol. The lowest BCUT2D eigenvalue weighted by Crippen LogP contribution is -2.28. The molecule has 1 saturated heterocycles. The fourth-order valence-corrected chi connectivity index (χ4v) is 5.10. The van der Waals surface area contributed by atoms with Crippen molar-refractivity contribution in [3.05, 3.63) is 70.3 Å². The van der Waals surface area contributed by atoms with E-state index in [0.717, 1.165) is 29.4 Å². The molecule has 0 saturated carbocycles. The summed E-state index contributed by atoms with van der Waals surface area (Å²) < 4.78 is 18.8. The zero-order chi connectivity index (χ0) is 23.1. The summed E-state index contributed by atoms with van der Waals surface area (Å²) in [6.45, 7) is 3.17. The first-order valence-electron chi connectivity index (χ1n) is 11.2. The molecule has 172 valence electrons. The summed E-state index contributed by atoms with van der Waals surface area (Å²) in [5.74, 6) is 1.40. The summed E-state index contributed by atoms with van der Waals surface area (Å²) in [6.07, 6.45) is 1.89. The molecule has 1 aliphatic heterocycles. The zero-order valence-electron chi connectivity index (χ0n) is 18.6. The predicted molar refractivity (Wildman–Crippen MR) is 129 cm³/mol. The van der Waals surface area contributed by atoms with Crippen molar-refractivity contribution in [2.75, 3.05) is 6.61 Å². The third kappa shape index (κ3) is 3.91. The van der Waals surface area contributed by atoms with Gasteiger partial charge in [-0.1, -0.05) is 52.8 Å². The van der Waals surface area contributed by atoms with Crippen LogP contribution in [0.15, 0.2) is 67.4 Å². The SMILES string of the molecule is Cc1cccc(-c2noc(CSc3nc4c(oc5ccccc54)c(=O)n3CC3CCCO3)n2)c1. The van der Waals surface area contributed by atoms with Gasteiger partial charge in [0.15, 0.2) is 5.16 Å². The lowest BCUT2D eigenvalue weighted by atomic mass is 10.1. The van der Waals surface area contributed by atoms with Gasteiger partial charge in [0.05, 0.1) is 18.4 Å². The van der Waals surface area contributed by atoms with E-state index in [9.17, 15) is 4.79 Å². The molecule has 2 aromatic carbocycles. The summed E-state index contributed by atoms with van der Waals surface area (Å²) in [4.78, 5) is 22.8. The summed E-state index contributed by atoms with van der Waals surface area (Å²) in [5.41, 5.74) is 3.31. The normalized spacial score (nSPS) is 16.1. The first-order chi connectivity index (χ1) is 16.7. The number of hydrogen-bond acceptors (Lipinski definition) is 8. The fourth-order valence-electron chi connectivity index (χ4n) is 4.26. The summed E-state index contributed by atoms with van der Waals surface area (Å²) in [6, 6.07) is 15.5. The number of rotatable bonds is 6. The van der Waals surface area contributed by atoms with Crippen molar-refractivity contribution in [1.82, 2.24) is 19.7 Å². The van der Waals surface area contributed by atoms with Crippen molar-refractivity contribution < 1.29 is 13.7 Å². The molecule has 1 unspecified atom stereocenters. The van der Waals surface area contributed by atoms with Gasteiger partial charge in [0, 0.05) is 17.6 Å². The van der Waals surface area contributed by atoms with E-state index in [0.29, 0.717) is 46.9 Å². The van der Waals surface area contributed by atoms with Crippen molar-refractivity contribution in [3.8, 4) is 11.4 Å². The van der Waals surface area contributed by atoms with E-state index >= 15 is 0 Å². The fraction of sp³-hybridized carbons (Fsp3) is 0.280. The topological polar surface area (TPSA) is 96.2 Å². The molecule has 0 aliphatic carbocycles. The van der Waals surface area contributed by atoms with Crippen LogP contribution in [0, 0.1) is 6.92 Å². The molecule has 0 N–H and O–H groups in total. The maximum absolute atomic E-state index is 13.4. The Bertz CT molecular complexity index is 1550. The van der Waals surface area contributed by atoms with E-state index in [1.165, 1.54) is 11.8 Å². The molecule has 0 radical (unpaired) electrons. The minimum absolute atomic E-state index is 0.0167. The highest BCUT2D eigenvalue weighted by molar-refractivity contribution is 7.98. The van der Waals surface area contributed by atoms with Crippen LogP contribution < -0.4 is 5.56 Å². The third-order valence-electron chi connectivity index (χ3n) is 5.93. The Labute approximate surface area is 198 Å². The molecule has 3 aromatic heterocycles. The molecule has 6 rings (SSSR count). The molecule has 1 atom stereocenters. The quantitative estimate of drug-likeness (QED) is 0.251. The minimum atomic E-state index is -0.204. The van der Waals surface area contributed by atoms with Crippen molar-refractivity contribution in [1.29, 1.82) is 0 Å². The van der Waals surface area contributed by atoms with Crippen molar-refractivity contribution in [2.24, 2.45) is 0 Å². The van der Waals surface area contributed by atoms with Crippen LogP contribution in [-0.4, -0.2) is 32.4 Å². The van der Waals surface area contributed by atoms with Crippen LogP contribution in [-0.2, 0) is 17.0 Å². The molecule has 0 amide bonds. The van der Waals surface area contributed by atoms with Gasteiger partial charge in [0.2, 0.25) is 17.3 Å². The smallest absolute Gasteiger partial charge is 0.297 e. The van der Waals surface area contributed by atoms with Crippen LogP contribution in [0.4, 0.5) is 0 Å². The molecule has 1 fully saturated rings. The highest BCUT2D eigenvalue weighted by atomic mass is 32.2. The number of aromatic nitrogens is 4. The predicted octanol–water partition coefficient (Wildman–Crippen LogP) is 4.97. The van der Waals surface area contributed by atoms with Crippen LogP contribution in [0.3, 0.4) is 0 Å². The Balaban J connectivity index is 1.35. The lowest BCUT2D eigenvalue weighted by molar-refractivity contribution is 0.0936. The molecule has 1 aliphatic rings. The summed E-state index contributed by atoms with van der Waals surface area (Å²) in [5, 5.41) is 5.52. The standard InChI is InChI=1S/C25H22N4O4S/c1-15-6-4-7-16(12-15)23-26-20(33-28-23)14-34-25-27-21-18-9-2-3-10-19(18)32-22(21)24(30)29(25)13-17-8-5-11-31-17/h2-4,6-7,9-10,12,17H,5,8,11,13-14H2,1H3. The highest BCUT2D eigenvalue weighted by Gasteiger charge is 2.23. The van der Waals surface area contributed by atoms with Crippen molar-refractivity contribution >= 4 is 33.8 Å². The number of nitrogens with zero attached hydrogens (tertiary/aromatic N) is 4. The van der Waals surface area contributed by atoms with Crippen LogP contribution in [0.1, 0.15) is 24.3 Å². The molecule has 5 aromatic rings. The van der Waals surface area contributed by atoms with E-state index in [1.807, 2.05) is 55.5 Å². The minimum Gasteiger partial charge on any atom is -0.448 e. The van der Waals surface area contributed by atoms with Crippen LogP contribution >= 0.6 is 11.8 Å². The van der Waals surface area contributed by atoms with Gasteiger partial charge in [0.1, 0.15) is 11.1 Å². The Morgan fingerprint density at radius 1 is 1.15 bits per heavy atom. The number of furan rings is 1. The third-order valence-corrected chi connectivity index (χ3v) is 6.89. The highest BCUT2D eigenvalue weighted by Crippen LogP contribution is 2.29. The molecule has 8 nitrogen and oxygen atoms in total. The van der Waals surface area contributed by atoms with E-state index in [2.05, 4.69) is 10.1 Å². The van der Waals surface area contributed by atoms with Crippen LogP contribution in [0.25, 0.3) is 33.5 Å². The number of aryl methyl sites for hydroxylation is 1. The molecule has 0 bridgehead atoms. The number of fused-ring (bicyclic) bond motifs is 3. The van der Waals surface area contributed by atoms with Crippen molar-refractivity contribution in [3.63, 3.8) is 0 Å². The first-order valence-corrected chi connectivity index (χ1v) is 12.2. The van der Waals surface area contributed by atoms with Gasteiger partial charge in [-0.15, -0.1) is 0 Å². The Morgan fingerprint density at radius 2 is 2.06 bits per heavy atom. The van der Waals surface area contributed by atoms with Gasteiger partial charge in [-0.05, 0) is 38.0 Å². The average molecular weight is 475 g/mol. The lowest BCUT2D eigenvalue weighted by Gasteiger charge is -2.15. The van der Waals surface area contributed by atoms with Gasteiger partial charge in [-0.3, -0.25) is 9.36 Å². The van der Waals surface area contributed by atoms with Gasteiger partial charge in [-0.2, -0.15) is 4.98 Å². The van der Waals surface area contributed by atoms with Gasteiger partial charge in [-0.25, -0.2) is 4.98 Å². The second kappa shape index (κ2) is 8.73. The summed E-state index contributed by atoms with van der Waals surface area (Å²) in [7, 11) is 0. The van der Waals surface area contributed by atoms with E-state index in [-0.39, 0.29) is 17.2 Å². The van der Waals surface area contributed by atoms with E-state index < -0.39 is 0 Å². The summed E-state index contributed by atoms with van der Waals surface area (Å²) >= 11 is 1.39. The second-order valence-corrected chi connectivity index (χ2v) is 9.33. The Morgan fingerprint density at radius 3 is 2.91 bits per heavy atom. The van der Waals surface area contributed by atoms with Crippen molar-refractivity contribution in [2.45, 2.75) is 43.3 Å². The number of ether oxygens (including phenoxy) is 1. The van der Waals surface area contributed by atoms with Gasteiger partial charge < -0.3 is 13.7 Å². The molecule has 34 heavy (non-hydrogen) atoms. The van der Waals surface area contributed by atoms with E-state index in [1.54, 1.807) is 4.57 Å². The van der Waals surface area contributed by atoms with Crippen LogP contribution in [0.5, 0.6) is 0 Å². The zero-order valence-corrected chi connectivity index (χ0v) is 19.4. The van der Waals surface area contributed by atoms with Crippen LogP contribution in [0.2, 0.25) is 0 Å². The Kier molecular flexibility index (Phi) is 5.43. The van der Waals surface area contributed by atoms with Gasteiger partial charge >= 0.3 is 0 Å². The number of thioether (sulfide) groups is 1. The molecular weight excluding hydrogens is 452 g/mol. The van der Waals surface area contributed by atoms with Gasteiger partial charge in [0.25, 0.3) is 5.56 Å².